The Morgan fingerprint density at radius 1 is 1.29 bits per heavy atom. The van der Waals surface area contributed by atoms with Crippen LogP contribution in [0.2, 0.25) is 5.02 Å². The predicted molar refractivity (Wildman–Crippen MR) is 88.4 cm³/mol. The smallest absolute Gasteiger partial charge is 0.360 e. The quantitative estimate of drug-likeness (QED) is 0.565. The fourth-order valence-corrected chi connectivity index (χ4v) is 2.25. The summed E-state index contributed by atoms with van der Waals surface area (Å²) >= 11 is 6.01. The standard InChI is InChI=1S/C16H13ClN4O3/c1-2-24-16(23)14-15(20-19-11-5-3-4-6-12(11)22)21-9-10(17)7-8-13(21)18-14/h3-9,22H,2H2,1H3. The van der Waals surface area contributed by atoms with Crippen molar-refractivity contribution >= 4 is 34.7 Å². The molecule has 2 aromatic heterocycles. The normalized spacial score (nSPS) is 11.2. The summed E-state index contributed by atoms with van der Waals surface area (Å²) in [6, 6.07) is 9.79. The Labute approximate surface area is 142 Å². The monoisotopic (exact) mass is 344 g/mol. The van der Waals surface area contributed by atoms with Gasteiger partial charge in [0.05, 0.1) is 11.6 Å². The first-order valence-electron chi connectivity index (χ1n) is 7.14. The second kappa shape index (κ2) is 6.67. The number of pyridine rings is 1. The third-order valence-electron chi connectivity index (χ3n) is 3.16. The molecule has 0 spiro atoms. The molecule has 0 saturated carbocycles. The number of phenols is 1. The van der Waals surface area contributed by atoms with Gasteiger partial charge in [-0.05, 0) is 31.2 Å². The highest BCUT2D eigenvalue weighted by atomic mass is 35.5. The maximum atomic E-state index is 12.1. The number of nitrogens with zero attached hydrogens (tertiary/aromatic N) is 4. The van der Waals surface area contributed by atoms with Crippen LogP contribution >= 0.6 is 11.6 Å². The van der Waals surface area contributed by atoms with E-state index in [2.05, 4.69) is 15.2 Å². The van der Waals surface area contributed by atoms with Crippen molar-refractivity contribution in [3.05, 3.63) is 53.3 Å². The van der Waals surface area contributed by atoms with E-state index < -0.39 is 5.97 Å². The van der Waals surface area contributed by atoms with Gasteiger partial charge < -0.3 is 9.84 Å². The Morgan fingerprint density at radius 2 is 2.08 bits per heavy atom. The molecular formula is C16H13ClN4O3. The number of phenolic OH excluding ortho intramolecular Hbond substituents is 1. The van der Waals surface area contributed by atoms with Crippen LogP contribution in [0.25, 0.3) is 5.65 Å². The van der Waals surface area contributed by atoms with Gasteiger partial charge in [-0.2, -0.15) is 0 Å². The first-order chi connectivity index (χ1) is 11.6. The number of rotatable bonds is 4. The SMILES string of the molecule is CCOC(=O)c1nc2ccc(Cl)cn2c1N=Nc1ccccc1O. The Morgan fingerprint density at radius 3 is 2.83 bits per heavy atom. The molecule has 0 saturated heterocycles. The lowest BCUT2D eigenvalue weighted by Crippen LogP contribution is -2.05. The van der Waals surface area contributed by atoms with Gasteiger partial charge in [-0.25, -0.2) is 9.78 Å². The molecule has 0 aliphatic heterocycles. The lowest BCUT2D eigenvalue weighted by atomic mass is 10.3. The summed E-state index contributed by atoms with van der Waals surface area (Å²) in [7, 11) is 0. The number of imidazole rings is 1. The Bertz CT molecular complexity index is 936. The number of halogens is 1. The van der Waals surface area contributed by atoms with Gasteiger partial charge in [0.15, 0.2) is 11.5 Å². The highest BCUT2D eigenvalue weighted by Crippen LogP contribution is 2.30. The average molecular weight is 345 g/mol. The van der Waals surface area contributed by atoms with Gasteiger partial charge in [-0.3, -0.25) is 4.40 Å². The van der Waals surface area contributed by atoms with Gasteiger partial charge in [-0.15, -0.1) is 10.2 Å². The van der Waals surface area contributed by atoms with E-state index in [1.54, 1.807) is 43.5 Å². The van der Waals surface area contributed by atoms with Crippen LogP contribution in [-0.2, 0) is 4.74 Å². The molecule has 122 valence electrons. The van der Waals surface area contributed by atoms with Crippen molar-refractivity contribution in [3.63, 3.8) is 0 Å². The minimum Gasteiger partial charge on any atom is -0.506 e. The third-order valence-corrected chi connectivity index (χ3v) is 3.38. The molecule has 1 N–H and O–H groups in total. The number of hydrogen-bond donors (Lipinski definition) is 1. The predicted octanol–water partition coefficient (Wildman–Crippen LogP) is 4.29. The number of azo groups is 1. The summed E-state index contributed by atoms with van der Waals surface area (Å²) in [6.07, 6.45) is 1.58. The summed E-state index contributed by atoms with van der Waals surface area (Å²) in [5, 5.41) is 18.3. The van der Waals surface area contributed by atoms with Crippen LogP contribution in [0.5, 0.6) is 5.75 Å². The van der Waals surface area contributed by atoms with Gasteiger partial charge in [0.2, 0.25) is 0 Å². The lowest BCUT2D eigenvalue weighted by molar-refractivity contribution is 0.0521. The van der Waals surface area contributed by atoms with Gasteiger partial charge >= 0.3 is 5.97 Å². The molecule has 8 heteroatoms. The number of ether oxygens (including phenoxy) is 1. The van der Waals surface area contributed by atoms with Crippen LogP contribution in [0.4, 0.5) is 11.5 Å². The second-order valence-electron chi connectivity index (χ2n) is 4.77. The number of esters is 1. The summed E-state index contributed by atoms with van der Waals surface area (Å²) in [5.41, 5.74) is 0.774. The summed E-state index contributed by atoms with van der Waals surface area (Å²) in [4.78, 5) is 16.3. The minimum atomic E-state index is -0.608. The van der Waals surface area contributed by atoms with Gasteiger partial charge in [0.25, 0.3) is 0 Å². The van der Waals surface area contributed by atoms with E-state index >= 15 is 0 Å². The van der Waals surface area contributed by atoms with E-state index in [4.69, 9.17) is 16.3 Å². The van der Waals surface area contributed by atoms with E-state index in [1.165, 1.54) is 10.5 Å². The number of benzene rings is 1. The third kappa shape index (κ3) is 3.07. The number of carbonyl (C=O) groups is 1. The molecule has 0 unspecified atom stereocenters. The van der Waals surface area contributed by atoms with Crippen LogP contribution in [0.1, 0.15) is 17.4 Å². The first kappa shape index (κ1) is 15.9. The molecule has 0 radical (unpaired) electrons. The van der Waals surface area contributed by atoms with Crippen molar-refractivity contribution in [3.8, 4) is 5.75 Å². The van der Waals surface area contributed by atoms with Crippen molar-refractivity contribution in [2.45, 2.75) is 6.92 Å². The summed E-state index contributed by atoms with van der Waals surface area (Å²) < 4.78 is 6.55. The summed E-state index contributed by atoms with van der Waals surface area (Å²) in [6.45, 7) is 1.91. The largest absolute Gasteiger partial charge is 0.506 e. The maximum Gasteiger partial charge on any atom is 0.360 e. The van der Waals surface area contributed by atoms with Crippen molar-refractivity contribution in [1.29, 1.82) is 0 Å². The lowest BCUT2D eigenvalue weighted by Gasteiger charge is -2.00. The number of fused-ring (bicyclic) bond motifs is 1. The number of carbonyl (C=O) groups excluding carboxylic acids is 1. The molecule has 0 bridgehead atoms. The molecule has 1 aromatic carbocycles. The molecule has 0 atom stereocenters. The molecule has 0 amide bonds. The van der Waals surface area contributed by atoms with Crippen molar-refractivity contribution in [1.82, 2.24) is 9.38 Å². The molecule has 3 rings (SSSR count). The van der Waals surface area contributed by atoms with E-state index in [0.29, 0.717) is 10.7 Å². The highest BCUT2D eigenvalue weighted by molar-refractivity contribution is 6.30. The zero-order valence-corrected chi connectivity index (χ0v) is 13.4. The molecular weight excluding hydrogens is 332 g/mol. The molecule has 7 nitrogen and oxygen atoms in total. The van der Waals surface area contributed by atoms with Gasteiger partial charge in [0, 0.05) is 6.20 Å². The van der Waals surface area contributed by atoms with E-state index in [1.807, 2.05) is 0 Å². The Kier molecular flexibility index (Phi) is 4.43. The second-order valence-corrected chi connectivity index (χ2v) is 5.21. The van der Waals surface area contributed by atoms with Gasteiger partial charge in [-0.1, -0.05) is 23.7 Å². The number of aromatic hydroxyl groups is 1. The zero-order chi connectivity index (χ0) is 17.1. The van der Waals surface area contributed by atoms with Crippen molar-refractivity contribution in [2.75, 3.05) is 6.61 Å². The molecule has 24 heavy (non-hydrogen) atoms. The van der Waals surface area contributed by atoms with E-state index in [9.17, 15) is 9.90 Å². The van der Waals surface area contributed by atoms with Crippen molar-refractivity contribution < 1.29 is 14.6 Å². The summed E-state index contributed by atoms with van der Waals surface area (Å²) in [5.74, 6) is -0.455. The number of aromatic nitrogens is 2. The van der Waals surface area contributed by atoms with Crippen LogP contribution in [0, 0.1) is 0 Å². The molecule has 3 aromatic rings. The molecule has 0 aliphatic carbocycles. The average Bonchev–Trinajstić information content (AvgIpc) is 2.92. The Balaban J connectivity index is 2.13. The van der Waals surface area contributed by atoms with Crippen LogP contribution in [0.3, 0.4) is 0 Å². The maximum absolute atomic E-state index is 12.1. The Hall–Kier alpha value is -2.93. The van der Waals surface area contributed by atoms with Gasteiger partial charge in [0.1, 0.15) is 17.1 Å². The zero-order valence-electron chi connectivity index (χ0n) is 12.7. The molecule has 0 fully saturated rings. The fourth-order valence-electron chi connectivity index (χ4n) is 2.09. The number of hydrogen-bond acceptors (Lipinski definition) is 6. The van der Waals surface area contributed by atoms with E-state index in [0.717, 1.165) is 0 Å². The van der Waals surface area contributed by atoms with Crippen LogP contribution < -0.4 is 0 Å². The van der Waals surface area contributed by atoms with Crippen molar-refractivity contribution in [2.24, 2.45) is 10.2 Å². The number of para-hydroxylation sites is 1. The molecule has 0 aliphatic rings. The van der Waals surface area contributed by atoms with E-state index in [-0.39, 0.29) is 29.6 Å². The molecule has 2 heterocycles. The fraction of sp³-hybridized carbons (Fsp3) is 0.125. The first-order valence-corrected chi connectivity index (χ1v) is 7.52. The van der Waals surface area contributed by atoms with Crippen LogP contribution in [-0.4, -0.2) is 27.1 Å². The minimum absolute atomic E-state index is 0.0224. The highest BCUT2D eigenvalue weighted by Gasteiger charge is 2.20. The van der Waals surface area contributed by atoms with Crippen LogP contribution in [0.15, 0.2) is 52.8 Å². The topological polar surface area (TPSA) is 88.5 Å².